The predicted molar refractivity (Wildman–Crippen MR) is 116 cm³/mol. The van der Waals surface area contributed by atoms with Gasteiger partial charge in [-0.2, -0.15) is 0 Å². The zero-order chi connectivity index (χ0) is 20.9. The molecule has 0 spiro atoms. The first kappa shape index (κ1) is 19.1. The van der Waals surface area contributed by atoms with E-state index < -0.39 is 11.8 Å². The molecule has 4 heteroatoms. The van der Waals surface area contributed by atoms with Gasteiger partial charge in [0.2, 0.25) is 5.91 Å². The molecule has 1 saturated carbocycles. The van der Waals surface area contributed by atoms with Crippen molar-refractivity contribution in [2.75, 3.05) is 5.32 Å². The summed E-state index contributed by atoms with van der Waals surface area (Å²) in [5.41, 5.74) is 3.18. The molecular formula is C26H27NO3. The van der Waals surface area contributed by atoms with Gasteiger partial charge in [-0.3, -0.25) is 9.59 Å². The maximum atomic E-state index is 13.5. The first-order valence-electron chi connectivity index (χ1n) is 10.7. The molecule has 5 atom stereocenters. The minimum Gasteiger partial charge on any atom is -0.461 e. The molecule has 30 heavy (non-hydrogen) atoms. The van der Waals surface area contributed by atoms with Crippen molar-refractivity contribution in [3.63, 3.8) is 0 Å². The van der Waals surface area contributed by atoms with Gasteiger partial charge < -0.3 is 10.1 Å². The number of esters is 1. The van der Waals surface area contributed by atoms with Gasteiger partial charge in [-0.25, -0.2) is 0 Å². The molecule has 154 valence electrons. The summed E-state index contributed by atoms with van der Waals surface area (Å²) in [7, 11) is 0. The van der Waals surface area contributed by atoms with E-state index in [2.05, 4.69) is 37.4 Å². The Labute approximate surface area is 177 Å². The van der Waals surface area contributed by atoms with Crippen LogP contribution in [0.5, 0.6) is 0 Å². The lowest BCUT2D eigenvalue weighted by Gasteiger charge is -2.44. The molecule has 2 fully saturated rings. The van der Waals surface area contributed by atoms with Gasteiger partial charge in [0.15, 0.2) is 0 Å². The van der Waals surface area contributed by atoms with Crippen LogP contribution in [0.2, 0.25) is 0 Å². The lowest BCUT2D eigenvalue weighted by Crippen LogP contribution is -2.45. The van der Waals surface area contributed by atoms with Crippen LogP contribution in [0.25, 0.3) is 0 Å². The molecule has 0 radical (unpaired) electrons. The highest BCUT2D eigenvalue weighted by atomic mass is 16.6. The Morgan fingerprint density at radius 3 is 2.37 bits per heavy atom. The molecule has 0 aromatic heterocycles. The summed E-state index contributed by atoms with van der Waals surface area (Å²) in [6, 6.07) is 19.5. The number of benzene rings is 2. The van der Waals surface area contributed by atoms with Crippen molar-refractivity contribution >= 4 is 17.6 Å². The van der Waals surface area contributed by atoms with E-state index >= 15 is 0 Å². The van der Waals surface area contributed by atoms with Crippen LogP contribution in [0.3, 0.4) is 0 Å². The average Bonchev–Trinajstić information content (AvgIpc) is 3.04. The standard InChI is InChI=1S/C26H27NO3/c1-26(2)14-17-13-19(16-9-5-3-6-10-16)22(23-21(17)20(15-26)30-25(23)29)24(28)27-18-11-7-4-8-12-18/h3-13,19-23H,14-15H2,1-2H3,(H,27,28)/t19-,20-,21+,22+,23-/m0/s1. The molecule has 2 aromatic rings. The number of hydrogen-bond acceptors (Lipinski definition) is 3. The molecule has 0 bridgehead atoms. The molecular weight excluding hydrogens is 374 g/mol. The van der Waals surface area contributed by atoms with Crippen molar-refractivity contribution in [2.24, 2.45) is 23.2 Å². The third-order valence-electron chi connectivity index (χ3n) is 6.89. The fourth-order valence-corrected chi connectivity index (χ4v) is 5.75. The average molecular weight is 402 g/mol. The molecule has 5 rings (SSSR count). The van der Waals surface area contributed by atoms with E-state index in [1.165, 1.54) is 5.57 Å². The van der Waals surface area contributed by atoms with Crippen molar-refractivity contribution in [1.82, 2.24) is 0 Å². The lowest BCUT2D eigenvalue weighted by atomic mass is 9.58. The summed E-state index contributed by atoms with van der Waals surface area (Å²) in [6.07, 6.45) is 3.93. The molecule has 2 aliphatic carbocycles. The van der Waals surface area contributed by atoms with E-state index in [9.17, 15) is 9.59 Å². The molecule has 4 nitrogen and oxygen atoms in total. The quantitative estimate of drug-likeness (QED) is 0.585. The second-order valence-electron chi connectivity index (χ2n) is 9.63. The van der Waals surface area contributed by atoms with E-state index in [1.54, 1.807) is 0 Å². The minimum atomic E-state index is -0.486. The SMILES string of the molecule is CC1(C)CC2=C[C@@H](c3ccccc3)[C@@H](C(=O)Nc3ccccc3)[C@H]3C(=O)O[C@@H](C1)[C@@H]23. The summed E-state index contributed by atoms with van der Waals surface area (Å²) < 4.78 is 5.87. The summed E-state index contributed by atoms with van der Waals surface area (Å²) in [6.45, 7) is 4.47. The zero-order valence-corrected chi connectivity index (χ0v) is 17.4. The summed E-state index contributed by atoms with van der Waals surface area (Å²) in [5, 5.41) is 3.05. The topological polar surface area (TPSA) is 55.4 Å². The van der Waals surface area contributed by atoms with Gasteiger partial charge in [-0.1, -0.05) is 74.0 Å². The van der Waals surface area contributed by atoms with Gasteiger partial charge in [-0.05, 0) is 36.0 Å². The van der Waals surface area contributed by atoms with Crippen LogP contribution in [0.4, 0.5) is 5.69 Å². The number of amides is 1. The van der Waals surface area contributed by atoms with Crippen molar-refractivity contribution in [2.45, 2.75) is 38.7 Å². The Kier molecular flexibility index (Phi) is 4.53. The number of nitrogens with one attached hydrogen (secondary N) is 1. The van der Waals surface area contributed by atoms with E-state index in [-0.39, 0.29) is 35.2 Å². The third-order valence-corrected chi connectivity index (χ3v) is 6.89. The molecule has 2 aromatic carbocycles. The van der Waals surface area contributed by atoms with Gasteiger partial charge in [0.05, 0.1) is 11.8 Å². The summed E-state index contributed by atoms with van der Waals surface area (Å²) in [4.78, 5) is 26.6. The van der Waals surface area contributed by atoms with Gasteiger partial charge in [0, 0.05) is 17.5 Å². The van der Waals surface area contributed by atoms with Crippen molar-refractivity contribution in [1.29, 1.82) is 0 Å². The van der Waals surface area contributed by atoms with Gasteiger partial charge in [0.25, 0.3) is 0 Å². The number of allylic oxidation sites excluding steroid dienone is 1. The van der Waals surface area contributed by atoms with E-state index in [0.29, 0.717) is 0 Å². The Morgan fingerprint density at radius 2 is 1.67 bits per heavy atom. The number of carbonyl (C=O) groups is 2. The predicted octanol–water partition coefficient (Wildman–Crippen LogP) is 4.94. The Balaban J connectivity index is 1.59. The fourth-order valence-electron chi connectivity index (χ4n) is 5.75. The highest BCUT2D eigenvalue weighted by Gasteiger charge is 2.59. The van der Waals surface area contributed by atoms with E-state index in [4.69, 9.17) is 4.74 Å². The summed E-state index contributed by atoms with van der Waals surface area (Å²) >= 11 is 0. The van der Waals surface area contributed by atoms with E-state index in [0.717, 1.165) is 24.1 Å². The fraction of sp³-hybridized carbons (Fsp3) is 0.385. The van der Waals surface area contributed by atoms with Crippen LogP contribution in [0, 0.1) is 23.2 Å². The van der Waals surface area contributed by atoms with Crippen LogP contribution in [-0.4, -0.2) is 18.0 Å². The number of ether oxygens (including phenoxy) is 1. The van der Waals surface area contributed by atoms with Crippen molar-refractivity contribution in [3.8, 4) is 0 Å². The van der Waals surface area contributed by atoms with Crippen LogP contribution >= 0.6 is 0 Å². The minimum absolute atomic E-state index is 0.0111. The number of hydrogen-bond donors (Lipinski definition) is 1. The van der Waals surface area contributed by atoms with E-state index in [1.807, 2.05) is 48.5 Å². The highest BCUT2D eigenvalue weighted by molar-refractivity contribution is 5.97. The maximum absolute atomic E-state index is 13.5. The molecule has 0 unspecified atom stereocenters. The van der Waals surface area contributed by atoms with Gasteiger partial charge in [-0.15, -0.1) is 0 Å². The van der Waals surface area contributed by atoms with Gasteiger partial charge >= 0.3 is 5.97 Å². The molecule has 3 aliphatic rings. The monoisotopic (exact) mass is 401 g/mol. The van der Waals surface area contributed by atoms with Gasteiger partial charge in [0.1, 0.15) is 6.10 Å². The molecule has 1 heterocycles. The molecule has 1 saturated heterocycles. The first-order valence-corrected chi connectivity index (χ1v) is 10.7. The normalized spacial score (nSPS) is 31.3. The second-order valence-corrected chi connectivity index (χ2v) is 9.63. The number of para-hydroxylation sites is 1. The zero-order valence-electron chi connectivity index (χ0n) is 17.4. The lowest BCUT2D eigenvalue weighted by molar-refractivity contribution is -0.148. The Bertz CT molecular complexity index is 995. The van der Waals surface area contributed by atoms with Crippen molar-refractivity contribution in [3.05, 3.63) is 77.9 Å². The maximum Gasteiger partial charge on any atom is 0.310 e. The smallest absolute Gasteiger partial charge is 0.310 e. The number of anilines is 1. The highest BCUT2D eigenvalue weighted by Crippen LogP contribution is 2.56. The summed E-state index contributed by atoms with van der Waals surface area (Å²) in [5.74, 6) is -1.39. The van der Waals surface area contributed by atoms with Crippen LogP contribution < -0.4 is 5.32 Å². The molecule has 1 amide bonds. The Morgan fingerprint density at radius 1 is 1.00 bits per heavy atom. The van der Waals surface area contributed by atoms with Crippen LogP contribution in [0.15, 0.2) is 72.3 Å². The first-order chi connectivity index (χ1) is 14.4. The molecule has 1 aliphatic heterocycles. The largest absolute Gasteiger partial charge is 0.461 e. The second kappa shape index (κ2) is 7.12. The van der Waals surface area contributed by atoms with Crippen molar-refractivity contribution < 1.29 is 14.3 Å². The third kappa shape index (κ3) is 3.24. The number of carbonyl (C=O) groups excluding carboxylic acids is 2. The van der Waals surface area contributed by atoms with Crippen LogP contribution in [0.1, 0.15) is 38.2 Å². The van der Waals surface area contributed by atoms with Crippen LogP contribution in [-0.2, 0) is 14.3 Å². The molecule has 1 N–H and O–H groups in total. The Hall–Kier alpha value is -2.88. The number of rotatable bonds is 3.